The summed E-state index contributed by atoms with van der Waals surface area (Å²) in [5.74, 6) is 5.58. The van der Waals surface area contributed by atoms with E-state index in [2.05, 4.69) is 52.8 Å². The second-order valence-corrected chi connectivity index (χ2v) is 4.62. The molecule has 0 saturated heterocycles. The first-order chi connectivity index (χ1) is 7.29. The van der Waals surface area contributed by atoms with Gasteiger partial charge in [0.25, 0.3) is 0 Å². The Morgan fingerprint density at radius 3 is 2.80 bits per heavy atom. The van der Waals surface area contributed by atoms with Crippen LogP contribution in [0.2, 0.25) is 0 Å². The zero-order valence-electron chi connectivity index (χ0n) is 8.75. The number of halogens is 1. The van der Waals surface area contributed by atoms with Gasteiger partial charge in [-0.25, -0.2) is 0 Å². The van der Waals surface area contributed by atoms with Gasteiger partial charge in [0.2, 0.25) is 0 Å². The highest BCUT2D eigenvalue weighted by Crippen LogP contribution is 2.23. The minimum Gasteiger partial charge on any atom is -0.271 e. The smallest absolute Gasteiger partial charge is 0.0470 e. The van der Waals surface area contributed by atoms with E-state index in [4.69, 9.17) is 5.84 Å². The molecule has 1 unspecified atom stereocenters. The molecule has 0 heterocycles. The third-order valence-electron chi connectivity index (χ3n) is 2.38. The number of benzene rings is 1. The zero-order chi connectivity index (χ0) is 11.1. The van der Waals surface area contributed by atoms with Crippen molar-refractivity contribution in [3.8, 4) is 0 Å². The van der Waals surface area contributed by atoms with Gasteiger partial charge in [-0.1, -0.05) is 24.3 Å². The number of nitrogens with two attached hydrogens (primary N) is 1. The molecular weight excluding hydrogens is 299 g/mol. The predicted molar refractivity (Wildman–Crippen MR) is 73.3 cm³/mol. The first-order valence-electron chi connectivity index (χ1n) is 5.11. The highest BCUT2D eigenvalue weighted by atomic mass is 127. The van der Waals surface area contributed by atoms with Gasteiger partial charge >= 0.3 is 0 Å². The van der Waals surface area contributed by atoms with Crippen molar-refractivity contribution in [2.75, 3.05) is 0 Å². The Kier molecular flexibility index (Phi) is 5.90. The van der Waals surface area contributed by atoms with Crippen molar-refractivity contribution in [2.45, 2.75) is 25.3 Å². The summed E-state index contributed by atoms with van der Waals surface area (Å²) in [7, 11) is 0. The van der Waals surface area contributed by atoms with Gasteiger partial charge in [-0.2, -0.15) is 0 Å². The number of hydrogen-bond donors (Lipinski definition) is 2. The van der Waals surface area contributed by atoms with E-state index >= 15 is 0 Å². The van der Waals surface area contributed by atoms with Crippen LogP contribution < -0.4 is 11.3 Å². The van der Waals surface area contributed by atoms with Crippen LogP contribution in [0.5, 0.6) is 0 Å². The summed E-state index contributed by atoms with van der Waals surface area (Å²) in [6.07, 6.45) is 5.15. The van der Waals surface area contributed by atoms with Gasteiger partial charge in [0.1, 0.15) is 0 Å². The first-order valence-corrected chi connectivity index (χ1v) is 6.19. The summed E-state index contributed by atoms with van der Waals surface area (Å²) >= 11 is 2.34. The molecule has 1 aromatic carbocycles. The highest BCUT2D eigenvalue weighted by molar-refractivity contribution is 14.1. The molecule has 0 bridgehead atoms. The van der Waals surface area contributed by atoms with Crippen LogP contribution in [-0.4, -0.2) is 0 Å². The second kappa shape index (κ2) is 6.98. The Morgan fingerprint density at radius 2 is 2.20 bits per heavy atom. The van der Waals surface area contributed by atoms with Crippen molar-refractivity contribution in [3.63, 3.8) is 0 Å². The van der Waals surface area contributed by atoms with Crippen LogP contribution in [0.3, 0.4) is 0 Å². The molecule has 15 heavy (non-hydrogen) atoms. The molecule has 0 fully saturated rings. The summed E-state index contributed by atoms with van der Waals surface area (Å²) in [5.41, 5.74) is 4.16. The lowest BCUT2D eigenvalue weighted by atomic mass is 10.0. The van der Waals surface area contributed by atoms with E-state index in [0.29, 0.717) is 0 Å². The molecule has 0 aliphatic heterocycles. The van der Waals surface area contributed by atoms with Crippen LogP contribution in [0.15, 0.2) is 36.9 Å². The summed E-state index contributed by atoms with van der Waals surface area (Å²) in [4.78, 5) is 0. The number of hydrogen-bond acceptors (Lipinski definition) is 2. The first kappa shape index (κ1) is 12.7. The van der Waals surface area contributed by atoms with Gasteiger partial charge < -0.3 is 0 Å². The van der Waals surface area contributed by atoms with Crippen molar-refractivity contribution in [2.24, 2.45) is 5.84 Å². The number of hydrazine groups is 1. The third-order valence-corrected chi connectivity index (χ3v) is 3.37. The fourth-order valence-corrected chi connectivity index (χ4v) is 2.32. The maximum Gasteiger partial charge on any atom is 0.0470 e. The quantitative estimate of drug-likeness (QED) is 0.278. The molecule has 82 valence electrons. The lowest BCUT2D eigenvalue weighted by molar-refractivity contribution is 0.499. The Hall–Kier alpha value is -0.390. The van der Waals surface area contributed by atoms with E-state index in [1.165, 1.54) is 9.13 Å². The maximum atomic E-state index is 5.58. The second-order valence-electron chi connectivity index (χ2n) is 3.46. The zero-order valence-corrected chi connectivity index (χ0v) is 10.9. The van der Waals surface area contributed by atoms with Gasteiger partial charge in [-0.15, -0.1) is 6.58 Å². The minimum absolute atomic E-state index is 0.248. The van der Waals surface area contributed by atoms with Crippen molar-refractivity contribution in [3.05, 3.63) is 46.1 Å². The molecule has 0 amide bonds. The minimum atomic E-state index is 0.248. The van der Waals surface area contributed by atoms with Crippen LogP contribution in [0.4, 0.5) is 0 Å². The molecular formula is C12H17IN2. The van der Waals surface area contributed by atoms with Crippen molar-refractivity contribution < 1.29 is 0 Å². The van der Waals surface area contributed by atoms with Gasteiger partial charge in [0, 0.05) is 9.61 Å². The molecule has 1 atom stereocenters. The topological polar surface area (TPSA) is 38.0 Å². The fraction of sp³-hybridized carbons (Fsp3) is 0.333. The fourth-order valence-electron chi connectivity index (χ4n) is 1.55. The van der Waals surface area contributed by atoms with Crippen molar-refractivity contribution in [1.82, 2.24) is 5.43 Å². The Balaban J connectivity index is 2.65. The average molecular weight is 316 g/mol. The van der Waals surface area contributed by atoms with Crippen molar-refractivity contribution >= 4 is 22.6 Å². The van der Waals surface area contributed by atoms with Crippen LogP contribution in [0.25, 0.3) is 0 Å². The van der Waals surface area contributed by atoms with Crippen LogP contribution >= 0.6 is 22.6 Å². The van der Waals surface area contributed by atoms with E-state index in [1.807, 2.05) is 12.1 Å². The third kappa shape index (κ3) is 3.93. The Labute approximate surface area is 105 Å². The van der Waals surface area contributed by atoms with Crippen LogP contribution in [0, 0.1) is 3.57 Å². The van der Waals surface area contributed by atoms with Gasteiger partial charge in [0.05, 0.1) is 0 Å². The lowest BCUT2D eigenvalue weighted by Crippen LogP contribution is -2.28. The van der Waals surface area contributed by atoms with E-state index in [0.717, 1.165) is 19.3 Å². The van der Waals surface area contributed by atoms with Gasteiger partial charge in [0.15, 0.2) is 0 Å². The van der Waals surface area contributed by atoms with Gasteiger partial charge in [-0.05, 0) is 53.5 Å². The van der Waals surface area contributed by atoms with Crippen LogP contribution in [0.1, 0.15) is 30.9 Å². The SMILES string of the molecule is C=CCCCC(NN)c1ccccc1I. The van der Waals surface area contributed by atoms with Gasteiger partial charge in [-0.3, -0.25) is 11.3 Å². The number of nitrogens with one attached hydrogen (secondary N) is 1. The van der Waals surface area contributed by atoms with Crippen LogP contribution in [-0.2, 0) is 0 Å². The number of unbranched alkanes of at least 4 members (excludes halogenated alkanes) is 1. The molecule has 0 aliphatic carbocycles. The van der Waals surface area contributed by atoms with E-state index in [9.17, 15) is 0 Å². The van der Waals surface area contributed by atoms with Crippen molar-refractivity contribution in [1.29, 1.82) is 0 Å². The Bertz CT molecular complexity index is 312. The molecule has 0 saturated carbocycles. The summed E-state index contributed by atoms with van der Waals surface area (Å²) < 4.78 is 1.26. The Morgan fingerprint density at radius 1 is 1.47 bits per heavy atom. The summed E-state index contributed by atoms with van der Waals surface area (Å²) in [6, 6.07) is 8.57. The highest BCUT2D eigenvalue weighted by Gasteiger charge is 2.11. The monoisotopic (exact) mass is 316 g/mol. The maximum absolute atomic E-state index is 5.58. The molecule has 2 nitrogen and oxygen atoms in total. The predicted octanol–water partition coefficient (Wildman–Crippen LogP) is 3.15. The molecule has 0 radical (unpaired) electrons. The number of allylic oxidation sites excluding steroid dienone is 1. The van der Waals surface area contributed by atoms with E-state index in [1.54, 1.807) is 0 Å². The number of rotatable bonds is 6. The molecule has 0 aliphatic rings. The molecule has 0 aromatic heterocycles. The molecule has 1 rings (SSSR count). The molecule has 0 spiro atoms. The molecule has 1 aromatic rings. The largest absolute Gasteiger partial charge is 0.271 e. The van der Waals surface area contributed by atoms with E-state index in [-0.39, 0.29) is 6.04 Å². The lowest BCUT2D eigenvalue weighted by Gasteiger charge is -2.17. The normalized spacial score (nSPS) is 12.4. The average Bonchev–Trinajstić information content (AvgIpc) is 2.26. The summed E-state index contributed by atoms with van der Waals surface area (Å²) in [6.45, 7) is 3.72. The summed E-state index contributed by atoms with van der Waals surface area (Å²) in [5, 5.41) is 0. The molecule has 3 heteroatoms. The molecule has 3 N–H and O–H groups in total. The van der Waals surface area contributed by atoms with E-state index < -0.39 is 0 Å². The standard InChI is InChI=1S/C12H17IN2/c1-2-3-4-9-12(15-14)10-7-5-6-8-11(10)13/h2,5-8,12,15H,1,3-4,9,14H2.